The molecular formula is C10H11NO3. The van der Waals surface area contributed by atoms with Crippen LogP contribution in [0.5, 0.6) is 0 Å². The van der Waals surface area contributed by atoms with Gasteiger partial charge in [-0.2, -0.15) is 0 Å². The van der Waals surface area contributed by atoms with Crippen molar-refractivity contribution >= 4 is 11.7 Å². The third kappa shape index (κ3) is 1.96. The van der Waals surface area contributed by atoms with E-state index in [9.17, 15) is 9.70 Å². The van der Waals surface area contributed by atoms with Gasteiger partial charge in [-0.1, -0.05) is 18.2 Å². The smallest absolute Gasteiger partial charge is 0.312 e. The molecule has 0 amide bonds. The standard InChI is InChI=1S/C10H11NO3/c1-7(10(12)14-2)8-5-3-4-6-9(8)11-13/h3-7H,1-2H3. The maximum atomic E-state index is 11.2. The molecule has 74 valence electrons. The van der Waals surface area contributed by atoms with Gasteiger partial charge in [-0.25, -0.2) is 0 Å². The fourth-order valence-corrected chi connectivity index (χ4v) is 1.24. The molecule has 0 N–H and O–H groups in total. The molecule has 0 aliphatic carbocycles. The number of methoxy groups -OCH3 is 1. The molecule has 0 aliphatic rings. The fraction of sp³-hybridized carbons (Fsp3) is 0.300. The summed E-state index contributed by atoms with van der Waals surface area (Å²) in [5.74, 6) is -0.838. The molecule has 0 saturated carbocycles. The molecule has 1 aromatic rings. The molecule has 4 nitrogen and oxygen atoms in total. The predicted octanol–water partition coefficient (Wildman–Crippen LogP) is 2.36. The molecule has 0 heterocycles. The van der Waals surface area contributed by atoms with Crippen molar-refractivity contribution in [3.63, 3.8) is 0 Å². The summed E-state index contributed by atoms with van der Waals surface area (Å²) in [4.78, 5) is 21.7. The topological polar surface area (TPSA) is 55.7 Å². The highest BCUT2D eigenvalue weighted by atomic mass is 16.5. The minimum Gasteiger partial charge on any atom is -0.469 e. The number of nitroso groups, excluding NO2 is 1. The highest BCUT2D eigenvalue weighted by Gasteiger charge is 2.18. The van der Waals surface area contributed by atoms with Gasteiger partial charge in [-0.15, -0.1) is 4.91 Å². The fourth-order valence-electron chi connectivity index (χ4n) is 1.24. The van der Waals surface area contributed by atoms with Gasteiger partial charge in [0.1, 0.15) is 5.69 Å². The van der Waals surface area contributed by atoms with Crippen LogP contribution >= 0.6 is 0 Å². The van der Waals surface area contributed by atoms with Gasteiger partial charge in [-0.05, 0) is 23.7 Å². The third-order valence-corrected chi connectivity index (χ3v) is 2.06. The molecule has 1 rings (SSSR count). The van der Waals surface area contributed by atoms with Gasteiger partial charge in [0.25, 0.3) is 0 Å². The van der Waals surface area contributed by atoms with E-state index >= 15 is 0 Å². The number of hydrogen-bond acceptors (Lipinski definition) is 4. The Hall–Kier alpha value is -1.71. The van der Waals surface area contributed by atoms with Gasteiger partial charge in [-0.3, -0.25) is 4.79 Å². The molecule has 0 radical (unpaired) electrons. The Morgan fingerprint density at radius 2 is 2.07 bits per heavy atom. The van der Waals surface area contributed by atoms with E-state index in [2.05, 4.69) is 9.91 Å². The molecular weight excluding hydrogens is 182 g/mol. The molecule has 14 heavy (non-hydrogen) atoms. The number of hydrogen-bond donors (Lipinski definition) is 0. The number of carbonyl (C=O) groups is 1. The zero-order chi connectivity index (χ0) is 10.6. The number of nitrogens with zero attached hydrogens (tertiary/aromatic N) is 1. The number of carbonyl (C=O) groups excluding carboxylic acids is 1. The molecule has 1 atom stereocenters. The Bertz CT molecular complexity index is 349. The first-order chi connectivity index (χ1) is 6.70. The summed E-state index contributed by atoms with van der Waals surface area (Å²) >= 11 is 0. The van der Waals surface area contributed by atoms with Crippen LogP contribution in [0.15, 0.2) is 29.4 Å². The van der Waals surface area contributed by atoms with Crippen LogP contribution in [0, 0.1) is 4.91 Å². The van der Waals surface area contributed by atoms with E-state index < -0.39 is 5.92 Å². The zero-order valence-corrected chi connectivity index (χ0v) is 8.06. The minimum atomic E-state index is -0.464. The predicted molar refractivity (Wildman–Crippen MR) is 52.3 cm³/mol. The van der Waals surface area contributed by atoms with Gasteiger partial charge in [0.2, 0.25) is 0 Å². The van der Waals surface area contributed by atoms with Crippen molar-refractivity contribution < 1.29 is 9.53 Å². The number of ether oxygens (including phenoxy) is 1. The van der Waals surface area contributed by atoms with Gasteiger partial charge in [0, 0.05) is 0 Å². The monoisotopic (exact) mass is 193 g/mol. The van der Waals surface area contributed by atoms with E-state index in [0.717, 1.165) is 0 Å². The summed E-state index contributed by atoms with van der Waals surface area (Å²) in [5, 5.41) is 2.85. The SMILES string of the molecule is COC(=O)C(C)c1ccccc1N=O. The summed E-state index contributed by atoms with van der Waals surface area (Å²) in [6, 6.07) is 6.72. The maximum absolute atomic E-state index is 11.2. The van der Waals surface area contributed by atoms with Crippen LogP contribution in [-0.2, 0) is 9.53 Å². The van der Waals surface area contributed by atoms with Gasteiger partial charge >= 0.3 is 5.97 Å². The summed E-state index contributed by atoms with van der Waals surface area (Å²) in [6.07, 6.45) is 0. The van der Waals surface area contributed by atoms with E-state index in [1.165, 1.54) is 7.11 Å². The number of benzene rings is 1. The lowest BCUT2D eigenvalue weighted by molar-refractivity contribution is -0.141. The van der Waals surface area contributed by atoms with Crippen LogP contribution in [0.25, 0.3) is 0 Å². The van der Waals surface area contributed by atoms with Crippen molar-refractivity contribution in [1.82, 2.24) is 0 Å². The lowest BCUT2D eigenvalue weighted by atomic mass is 10.00. The summed E-state index contributed by atoms with van der Waals surface area (Å²) in [6.45, 7) is 1.68. The Morgan fingerprint density at radius 1 is 1.43 bits per heavy atom. The van der Waals surface area contributed by atoms with E-state index in [-0.39, 0.29) is 11.7 Å². The van der Waals surface area contributed by atoms with Crippen molar-refractivity contribution in [2.45, 2.75) is 12.8 Å². The molecule has 0 bridgehead atoms. The molecule has 0 saturated heterocycles. The third-order valence-electron chi connectivity index (χ3n) is 2.06. The minimum absolute atomic E-state index is 0.283. The van der Waals surface area contributed by atoms with Crippen molar-refractivity contribution in [2.75, 3.05) is 7.11 Å². The molecule has 1 unspecified atom stereocenters. The van der Waals surface area contributed by atoms with Crippen molar-refractivity contribution in [2.24, 2.45) is 5.18 Å². The van der Waals surface area contributed by atoms with Crippen molar-refractivity contribution in [3.05, 3.63) is 34.7 Å². The van der Waals surface area contributed by atoms with Crippen LogP contribution in [0.3, 0.4) is 0 Å². The Balaban J connectivity index is 3.05. The second kappa shape index (κ2) is 4.50. The van der Waals surface area contributed by atoms with Crippen LogP contribution in [0.4, 0.5) is 5.69 Å². The molecule has 4 heteroatoms. The van der Waals surface area contributed by atoms with E-state index in [0.29, 0.717) is 5.56 Å². The lowest BCUT2D eigenvalue weighted by Crippen LogP contribution is -2.10. The second-order valence-electron chi connectivity index (χ2n) is 2.89. The molecule has 0 aromatic heterocycles. The first-order valence-corrected chi connectivity index (χ1v) is 4.20. The normalized spacial score (nSPS) is 11.9. The second-order valence-corrected chi connectivity index (χ2v) is 2.89. The largest absolute Gasteiger partial charge is 0.469 e. The van der Waals surface area contributed by atoms with Crippen molar-refractivity contribution in [3.8, 4) is 0 Å². The Kier molecular flexibility index (Phi) is 3.34. The first kappa shape index (κ1) is 10.4. The number of rotatable bonds is 3. The average Bonchev–Trinajstić information content (AvgIpc) is 2.26. The summed E-state index contributed by atoms with van der Waals surface area (Å²) < 4.78 is 4.58. The zero-order valence-electron chi connectivity index (χ0n) is 8.06. The van der Waals surface area contributed by atoms with Gasteiger partial charge in [0.05, 0.1) is 13.0 Å². The molecule has 1 aromatic carbocycles. The highest BCUT2D eigenvalue weighted by molar-refractivity contribution is 5.79. The van der Waals surface area contributed by atoms with Crippen LogP contribution in [0.2, 0.25) is 0 Å². The molecule has 0 spiro atoms. The van der Waals surface area contributed by atoms with E-state index in [1.807, 2.05) is 0 Å². The van der Waals surface area contributed by atoms with Crippen molar-refractivity contribution in [1.29, 1.82) is 0 Å². The van der Waals surface area contributed by atoms with Crippen LogP contribution in [-0.4, -0.2) is 13.1 Å². The van der Waals surface area contributed by atoms with E-state index in [1.54, 1.807) is 31.2 Å². The quantitative estimate of drug-likeness (QED) is 0.547. The Morgan fingerprint density at radius 3 is 2.64 bits per heavy atom. The van der Waals surface area contributed by atoms with Crippen LogP contribution in [0.1, 0.15) is 18.4 Å². The number of esters is 1. The van der Waals surface area contributed by atoms with Gasteiger partial charge in [0.15, 0.2) is 0 Å². The lowest BCUT2D eigenvalue weighted by Gasteiger charge is -2.09. The maximum Gasteiger partial charge on any atom is 0.312 e. The highest BCUT2D eigenvalue weighted by Crippen LogP contribution is 2.26. The Labute approximate surface area is 81.9 Å². The summed E-state index contributed by atoms with van der Waals surface area (Å²) in [5.41, 5.74) is 0.875. The first-order valence-electron chi connectivity index (χ1n) is 4.20. The average molecular weight is 193 g/mol. The van der Waals surface area contributed by atoms with Crippen LogP contribution < -0.4 is 0 Å². The molecule has 0 fully saturated rings. The summed E-state index contributed by atoms with van der Waals surface area (Å²) in [7, 11) is 1.32. The van der Waals surface area contributed by atoms with E-state index in [4.69, 9.17) is 0 Å². The molecule has 0 aliphatic heterocycles. The van der Waals surface area contributed by atoms with Gasteiger partial charge < -0.3 is 4.74 Å².